The van der Waals surface area contributed by atoms with E-state index in [1.54, 1.807) is 18.3 Å². The number of rotatable bonds is 7. The fourth-order valence-electron chi connectivity index (χ4n) is 3.92. The third-order valence-electron chi connectivity index (χ3n) is 5.41. The number of benzene rings is 2. The number of fused-ring (bicyclic) bond motifs is 1. The van der Waals surface area contributed by atoms with Crippen molar-refractivity contribution in [3.63, 3.8) is 0 Å². The summed E-state index contributed by atoms with van der Waals surface area (Å²) >= 11 is 6.24. The van der Waals surface area contributed by atoms with Crippen molar-refractivity contribution in [2.75, 3.05) is 18.0 Å². The minimum Gasteiger partial charge on any atom is -0.370 e. The Balaban J connectivity index is 1.79. The monoisotopic (exact) mass is 472 g/mol. The fraction of sp³-hybridized carbons (Fsp3) is 0.280. The summed E-state index contributed by atoms with van der Waals surface area (Å²) in [4.78, 5) is 14.1. The summed E-state index contributed by atoms with van der Waals surface area (Å²) in [5.41, 5.74) is 3.00. The smallest absolute Gasteiger partial charge is 0.370 e. The molecule has 2 aromatic carbocycles. The molecule has 172 valence electrons. The molecule has 0 amide bonds. The van der Waals surface area contributed by atoms with Crippen LogP contribution >= 0.6 is 11.6 Å². The van der Waals surface area contributed by atoms with Crippen molar-refractivity contribution in [3.8, 4) is 22.6 Å². The van der Waals surface area contributed by atoms with Crippen LogP contribution in [0.5, 0.6) is 0 Å². The Morgan fingerprint density at radius 2 is 1.64 bits per heavy atom. The molecule has 0 spiro atoms. The molecular formula is C25H24ClF3N4. The number of anilines is 1. The van der Waals surface area contributed by atoms with Crippen LogP contribution in [-0.4, -0.2) is 28.0 Å². The summed E-state index contributed by atoms with van der Waals surface area (Å²) in [5.74, 6) is 0.511. The van der Waals surface area contributed by atoms with Crippen LogP contribution in [0.3, 0.4) is 0 Å². The number of nitrogens with zero attached hydrogens (tertiary/aromatic N) is 3. The van der Waals surface area contributed by atoms with Gasteiger partial charge >= 0.3 is 6.18 Å². The number of nitrogens with one attached hydrogen (secondary N) is 1. The summed E-state index contributed by atoms with van der Waals surface area (Å²) in [6, 6.07) is 13.4. The van der Waals surface area contributed by atoms with E-state index in [1.807, 2.05) is 43.0 Å². The molecule has 0 saturated carbocycles. The zero-order chi connectivity index (χ0) is 23.6. The number of H-pyrrole nitrogens is 1. The summed E-state index contributed by atoms with van der Waals surface area (Å²) in [7, 11) is 0. The van der Waals surface area contributed by atoms with Gasteiger partial charge in [-0.2, -0.15) is 13.2 Å². The quantitative estimate of drug-likeness (QED) is 0.301. The van der Waals surface area contributed by atoms with E-state index in [0.29, 0.717) is 46.4 Å². The third-order valence-corrected chi connectivity index (χ3v) is 5.72. The van der Waals surface area contributed by atoms with Gasteiger partial charge in [-0.15, -0.1) is 0 Å². The first-order chi connectivity index (χ1) is 15.8. The molecule has 0 radical (unpaired) electrons. The summed E-state index contributed by atoms with van der Waals surface area (Å²) < 4.78 is 40.9. The number of pyridine rings is 1. The largest absolute Gasteiger partial charge is 0.416 e. The lowest BCUT2D eigenvalue weighted by molar-refractivity contribution is -0.137. The topological polar surface area (TPSA) is 44.8 Å². The average molecular weight is 473 g/mol. The molecule has 0 saturated heterocycles. The lowest BCUT2D eigenvalue weighted by atomic mass is 10.1. The summed E-state index contributed by atoms with van der Waals surface area (Å²) in [5, 5.41) is 0.547. The van der Waals surface area contributed by atoms with Gasteiger partial charge in [0.2, 0.25) is 0 Å². The van der Waals surface area contributed by atoms with E-state index in [4.69, 9.17) is 16.6 Å². The molecule has 2 aromatic heterocycles. The van der Waals surface area contributed by atoms with Crippen molar-refractivity contribution in [2.45, 2.75) is 32.9 Å². The van der Waals surface area contributed by atoms with E-state index in [9.17, 15) is 13.2 Å². The maximum atomic E-state index is 13.6. The molecule has 0 aliphatic heterocycles. The second kappa shape index (κ2) is 9.43. The van der Waals surface area contributed by atoms with E-state index in [-0.39, 0.29) is 0 Å². The molecule has 0 unspecified atom stereocenters. The van der Waals surface area contributed by atoms with Gasteiger partial charge in [-0.3, -0.25) is 4.98 Å². The maximum absolute atomic E-state index is 13.6. The molecular weight excluding hydrogens is 449 g/mol. The molecule has 4 aromatic rings. The molecule has 4 rings (SSSR count). The second-order valence-electron chi connectivity index (χ2n) is 7.87. The van der Waals surface area contributed by atoms with E-state index in [0.717, 1.165) is 30.0 Å². The van der Waals surface area contributed by atoms with Gasteiger partial charge in [-0.25, -0.2) is 4.98 Å². The first-order valence-electron chi connectivity index (χ1n) is 10.9. The van der Waals surface area contributed by atoms with Gasteiger partial charge in [-0.1, -0.05) is 49.7 Å². The number of hydrogen-bond acceptors (Lipinski definition) is 3. The number of halogens is 4. The minimum atomic E-state index is -4.44. The van der Waals surface area contributed by atoms with Gasteiger partial charge in [0, 0.05) is 30.4 Å². The predicted octanol–water partition coefficient (Wildman–Crippen LogP) is 7.59. The lowest BCUT2D eigenvalue weighted by Gasteiger charge is -2.25. The van der Waals surface area contributed by atoms with E-state index >= 15 is 0 Å². The molecule has 1 N–H and O–H groups in total. The second-order valence-corrected chi connectivity index (χ2v) is 8.28. The van der Waals surface area contributed by atoms with Crippen LogP contribution in [0.4, 0.5) is 18.9 Å². The molecule has 0 fully saturated rings. The Bertz CT molecular complexity index is 1240. The Morgan fingerprint density at radius 1 is 0.970 bits per heavy atom. The molecule has 8 heteroatoms. The number of aromatic amines is 1. The van der Waals surface area contributed by atoms with Crippen LogP contribution in [-0.2, 0) is 6.18 Å². The third kappa shape index (κ3) is 4.83. The van der Waals surface area contributed by atoms with E-state index in [2.05, 4.69) is 9.97 Å². The number of alkyl halides is 3. The molecule has 2 heterocycles. The zero-order valence-corrected chi connectivity index (χ0v) is 19.1. The fourth-order valence-corrected chi connectivity index (χ4v) is 4.15. The minimum absolute atomic E-state index is 0.365. The predicted molar refractivity (Wildman–Crippen MR) is 128 cm³/mol. The molecule has 33 heavy (non-hydrogen) atoms. The first-order valence-corrected chi connectivity index (χ1v) is 11.3. The number of aromatic nitrogens is 3. The summed E-state index contributed by atoms with van der Waals surface area (Å²) in [6.45, 7) is 5.34. The Morgan fingerprint density at radius 3 is 2.24 bits per heavy atom. The molecule has 0 aliphatic rings. The van der Waals surface area contributed by atoms with E-state index in [1.165, 1.54) is 6.07 Å². The van der Waals surface area contributed by atoms with Crippen molar-refractivity contribution in [2.24, 2.45) is 0 Å². The highest BCUT2D eigenvalue weighted by atomic mass is 35.5. The maximum Gasteiger partial charge on any atom is 0.416 e. The van der Waals surface area contributed by atoms with Crippen molar-refractivity contribution in [1.29, 1.82) is 0 Å². The highest BCUT2D eigenvalue weighted by molar-refractivity contribution is 6.33. The van der Waals surface area contributed by atoms with Crippen molar-refractivity contribution in [3.05, 3.63) is 65.3 Å². The molecule has 0 aliphatic carbocycles. The highest BCUT2D eigenvalue weighted by Crippen LogP contribution is 2.37. The molecule has 4 nitrogen and oxygen atoms in total. The summed E-state index contributed by atoms with van der Waals surface area (Å²) in [6.07, 6.45) is -1.12. The van der Waals surface area contributed by atoms with Crippen LogP contribution in [0.2, 0.25) is 5.02 Å². The zero-order valence-electron chi connectivity index (χ0n) is 18.4. The van der Waals surface area contributed by atoms with Gasteiger partial charge in [0.15, 0.2) is 0 Å². The molecule has 0 bridgehead atoms. The van der Waals surface area contributed by atoms with Crippen molar-refractivity contribution >= 4 is 28.3 Å². The van der Waals surface area contributed by atoms with Crippen molar-refractivity contribution in [1.82, 2.24) is 15.0 Å². The van der Waals surface area contributed by atoms with Gasteiger partial charge < -0.3 is 9.88 Å². The van der Waals surface area contributed by atoms with Crippen molar-refractivity contribution < 1.29 is 13.2 Å². The van der Waals surface area contributed by atoms with Gasteiger partial charge in [0.25, 0.3) is 0 Å². The van der Waals surface area contributed by atoms with E-state index < -0.39 is 11.7 Å². The highest BCUT2D eigenvalue weighted by Gasteiger charge is 2.32. The number of imidazole rings is 1. The number of hydrogen-bond donors (Lipinski definition) is 1. The Hall–Kier alpha value is -3.06. The van der Waals surface area contributed by atoms with Crippen LogP contribution in [0.1, 0.15) is 32.3 Å². The Labute approximate surface area is 195 Å². The normalized spacial score (nSPS) is 11.8. The van der Waals surface area contributed by atoms with Crippen LogP contribution in [0, 0.1) is 0 Å². The molecule has 0 atom stereocenters. The van der Waals surface area contributed by atoms with Crippen LogP contribution in [0.25, 0.3) is 33.7 Å². The van der Waals surface area contributed by atoms with Gasteiger partial charge in [0.05, 0.1) is 27.5 Å². The SMILES string of the molecule is CCCN(CCC)c1cc(C(F)(F)F)cc2[nH]c(-c3ccc(-c4ncccc4Cl)cc3)nc12. The average Bonchev–Trinajstić information content (AvgIpc) is 3.23. The standard InChI is InChI=1S/C25H24ClF3N4/c1-3-12-33(13-4-2)21-15-18(25(27,28)29)14-20-23(21)32-24(31-20)17-9-7-16(8-10-17)22-19(26)6-5-11-30-22/h5-11,14-15H,3-4,12-13H2,1-2H3,(H,31,32). The lowest BCUT2D eigenvalue weighted by Crippen LogP contribution is -2.25. The van der Waals surface area contributed by atoms with Gasteiger partial charge in [0.1, 0.15) is 11.3 Å². The Kier molecular flexibility index (Phi) is 6.61. The van der Waals surface area contributed by atoms with Gasteiger partial charge in [-0.05, 0) is 37.1 Å². The first kappa shape index (κ1) is 23.1. The van der Waals surface area contributed by atoms with Crippen LogP contribution < -0.4 is 4.90 Å². The van der Waals surface area contributed by atoms with Crippen LogP contribution in [0.15, 0.2) is 54.7 Å².